The monoisotopic (exact) mass is 359 g/mol. The van der Waals surface area contributed by atoms with E-state index in [-0.39, 0.29) is 23.7 Å². The summed E-state index contributed by atoms with van der Waals surface area (Å²) in [6, 6.07) is 6.76. The van der Waals surface area contributed by atoms with Gasteiger partial charge in [-0.05, 0) is 38.5 Å². The highest BCUT2D eigenvalue weighted by Crippen LogP contribution is 2.31. The van der Waals surface area contributed by atoms with Crippen LogP contribution in [0.1, 0.15) is 45.4 Å². The van der Waals surface area contributed by atoms with E-state index in [0.29, 0.717) is 11.3 Å². The quantitative estimate of drug-likeness (QED) is 0.532. The lowest BCUT2D eigenvalue weighted by molar-refractivity contribution is 0.0471. The topological polar surface area (TPSA) is 66.8 Å². The Balaban J connectivity index is 2.13. The molecule has 0 aliphatic carbocycles. The number of nitrogens with zero attached hydrogens (tertiary/aromatic N) is 1. The van der Waals surface area contributed by atoms with Gasteiger partial charge < -0.3 is 18.8 Å². The molecule has 26 heavy (non-hydrogen) atoms. The maximum atomic E-state index is 12.5. The van der Waals surface area contributed by atoms with Crippen molar-refractivity contribution in [2.24, 2.45) is 0 Å². The SMILES string of the molecule is CCCn1c(C)cc(C(=O)COC(=O)c2cccc(OC)c2OC)c1C. The van der Waals surface area contributed by atoms with Crippen LogP contribution >= 0.6 is 0 Å². The number of esters is 1. The molecule has 0 fully saturated rings. The Morgan fingerprint density at radius 1 is 1.08 bits per heavy atom. The maximum Gasteiger partial charge on any atom is 0.342 e. The predicted molar refractivity (Wildman–Crippen MR) is 98.4 cm³/mol. The van der Waals surface area contributed by atoms with Gasteiger partial charge in [0, 0.05) is 23.5 Å². The van der Waals surface area contributed by atoms with E-state index in [9.17, 15) is 9.59 Å². The summed E-state index contributed by atoms with van der Waals surface area (Å²) in [5.41, 5.74) is 2.72. The Labute approximate surface area is 153 Å². The average Bonchev–Trinajstić information content (AvgIpc) is 2.93. The first-order valence-electron chi connectivity index (χ1n) is 8.52. The van der Waals surface area contributed by atoms with Gasteiger partial charge in [0.2, 0.25) is 5.78 Å². The minimum atomic E-state index is -0.628. The average molecular weight is 359 g/mol. The molecule has 140 valence electrons. The summed E-state index contributed by atoms with van der Waals surface area (Å²) in [5, 5.41) is 0. The number of benzene rings is 1. The molecule has 0 saturated heterocycles. The first kappa shape index (κ1) is 19.6. The molecule has 0 bridgehead atoms. The zero-order chi connectivity index (χ0) is 19.3. The number of aryl methyl sites for hydroxylation is 1. The minimum Gasteiger partial charge on any atom is -0.493 e. The van der Waals surface area contributed by atoms with Crippen molar-refractivity contribution in [3.05, 3.63) is 46.8 Å². The van der Waals surface area contributed by atoms with Crippen LogP contribution in [0.2, 0.25) is 0 Å². The van der Waals surface area contributed by atoms with Gasteiger partial charge in [-0.1, -0.05) is 13.0 Å². The molecule has 0 N–H and O–H groups in total. The number of carbonyl (C=O) groups is 2. The molecule has 1 heterocycles. The maximum absolute atomic E-state index is 12.5. The number of aromatic nitrogens is 1. The second kappa shape index (κ2) is 8.56. The molecular formula is C20H25NO5. The largest absolute Gasteiger partial charge is 0.493 e. The number of ether oxygens (including phenoxy) is 3. The van der Waals surface area contributed by atoms with Crippen molar-refractivity contribution in [3.63, 3.8) is 0 Å². The number of hydrogen-bond donors (Lipinski definition) is 0. The highest BCUT2D eigenvalue weighted by Gasteiger charge is 2.21. The molecule has 0 radical (unpaired) electrons. The number of carbonyl (C=O) groups excluding carboxylic acids is 2. The molecule has 0 spiro atoms. The van der Waals surface area contributed by atoms with Crippen LogP contribution in [0.15, 0.2) is 24.3 Å². The van der Waals surface area contributed by atoms with Crippen molar-refractivity contribution in [1.82, 2.24) is 4.57 Å². The summed E-state index contributed by atoms with van der Waals surface area (Å²) in [6.45, 7) is 6.49. The van der Waals surface area contributed by atoms with Gasteiger partial charge in [0.15, 0.2) is 18.1 Å². The summed E-state index contributed by atoms with van der Waals surface area (Å²) < 4.78 is 17.7. The van der Waals surface area contributed by atoms with Crippen molar-refractivity contribution in [2.45, 2.75) is 33.7 Å². The van der Waals surface area contributed by atoms with E-state index in [2.05, 4.69) is 11.5 Å². The van der Waals surface area contributed by atoms with Crippen LogP contribution in [-0.4, -0.2) is 37.1 Å². The zero-order valence-corrected chi connectivity index (χ0v) is 15.9. The molecule has 1 aromatic heterocycles. The van der Waals surface area contributed by atoms with E-state index < -0.39 is 5.97 Å². The van der Waals surface area contributed by atoms with E-state index in [0.717, 1.165) is 24.4 Å². The minimum absolute atomic E-state index is 0.219. The molecular weight excluding hydrogens is 334 g/mol. The molecule has 1 aromatic carbocycles. The zero-order valence-electron chi connectivity index (χ0n) is 15.9. The van der Waals surface area contributed by atoms with Crippen LogP contribution in [0, 0.1) is 13.8 Å². The Hall–Kier alpha value is -2.76. The van der Waals surface area contributed by atoms with Crippen molar-refractivity contribution in [2.75, 3.05) is 20.8 Å². The van der Waals surface area contributed by atoms with Gasteiger partial charge in [-0.25, -0.2) is 4.79 Å². The third-order valence-electron chi connectivity index (χ3n) is 4.28. The molecule has 2 rings (SSSR count). The van der Waals surface area contributed by atoms with Crippen LogP contribution < -0.4 is 9.47 Å². The summed E-state index contributed by atoms with van der Waals surface area (Å²) in [5.74, 6) is -0.142. The van der Waals surface area contributed by atoms with Gasteiger partial charge in [0.25, 0.3) is 0 Å². The lowest BCUT2D eigenvalue weighted by Crippen LogP contribution is -2.16. The summed E-state index contributed by atoms with van der Waals surface area (Å²) >= 11 is 0. The standard InChI is InChI=1S/C20H25NO5/c1-6-10-21-13(2)11-16(14(21)3)17(22)12-26-20(23)15-8-7-9-18(24-4)19(15)25-5/h7-9,11H,6,10,12H2,1-5H3. The number of methoxy groups -OCH3 is 2. The van der Waals surface area contributed by atoms with Gasteiger partial charge in [0.05, 0.1) is 14.2 Å². The highest BCUT2D eigenvalue weighted by molar-refractivity contribution is 6.01. The Morgan fingerprint density at radius 3 is 2.42 bits per heavy atom. The molecule has 6 heteroatoms. The number of Topliss-reactive ketones (excluding diaryl/α,β-unsaturated/α-hetero) is 1. The van der Waals surface area contributed by atoms with Gasteiger partial charge in [-0.2, -0.15) is 0 Å². The Kier molecular flexibility index (Phi) is 6.44. The van der Waals surface area contributed by atoms with Crippen LogP contribution in [0.3, 0.4) is 0 Å². The van der Waals surface area contributed by atoms with E-state index in [1.165, 1.54) is 14.2 Å². The second-order valence-corrected chi connectivity index (χ2v) is 5.98. The third-order valence-corrected chi connectivity index (χ3v) is 4.28. The van der Waals surface area contributed by atoms with E-state index in [4.69, 9.17) is 14.2 Å². The van der Waals surface area contributed by atoms with Crippen molar-refractivity contribution in [1.29, 1.82) is 0 Å². The fourth-order valence-electron chi connectivity index (χ4n) is 2.99. The fraction of sp³-hybridized carbons (Fsp3) is 0.400. The summed E-state index contributed by atoms with van der Waals surface area (Å²) in [4.78, 5) is 24.9. The number of para-hydroxylation sites is 1. The van der Waals surface area contributed by atoms with E-state index in [1.54, 1.807) is 18.2 Å². The van der Waals surface area contributed by atoms with Crippen molar-refractivity contribution in [3.8, 4) is 11.5 Å². The molecule has 0 amide bonds. The fourth-order valence-corrected chi connectivity index (χ4v) is 2.99. The predicted octanol–water partition coefficient (Wildman–Crippen LogP) is 3.57. The highest BCUT2D eigenvalue weighted by atomic mass is 16.5. The Morgan fingerprint density at radius 2 is 1.81 bits per heavy atom. The van der Waals surface area contributed by atoms with E-state index >= 15 is 0 Å². The molecule has 6 nitrogen and oxygen atoms in total. The van der Waals surface area contributed by atoms with Crippen LogP contribution in [0.4, 0.5) is 0 Å². The van der Waals surface area contributed by atoms with Gasteiger partial charge >= 0.3 is 5.97 Å². The lowest BCUT2D eigenvalue weighted by Gasteiger charge is -2.12. The molecule has 0 saturated carbocycles. The van der Waals surface area contributed by atoms with E-state index in [1.807, 2.05) is 19.9 Å². The first-order valence-corrected chi connectivity index (χ1v) is 8.52. The summed E-state index contributed by atoms with van der Waals surface area (Å²) in [7, 11) is 2.94. The third kappa shape index (κ3) is 3.90. The van der Waals surface area contributed by atoms with Crippen LogP contribution in [0.5, 0.6) is 11.5 Å². The molecule has 0 aliphatic heterocycles. The summed E-state index contributed by atoms with van der Waals surface area (Å²) in [6.07, 6.45) is 0.981. The molecule has 2 aromatic rings. The number of rotatable bonds is 8. The normalized spacial score (nSPS) is 10.5. The van der Waals surface area contributed by atoms with Gasteiger partial charge in [-0.3, -0.25) is 4.79 Å². The molecule has 0 atom stereocenters. The first-order chi connectivity index (χ1) is 12.4. The van der Waals surface area contributed by atoms with Gasteiger partial charge in [0.1, 0.15) is 5.56 Å². The van der Waals surface area contributed by atoms with Gasteiger partial charge in [-0.15, -0.1) is 0 Å². The van der Waals surface area contributed by atoms with Crippen LogP contribution in [0.25, 0.3) is 0 Å². The van der Waals surface area contributed by atoms with Crippen LogP contribution in [-0.2, 0) is 11.3 Å². The molecule has 0 unspecified atom stereocenters. The van der Waals surface area contributed by atoms with Crippen molar-refractivity contribution < 1.29 is 23.8 Å². The number of hydrogen-bond acceptors (Lipinski definition) is 5. The number of ketones is 1. The Bertz CT molecular complexity index is 807. The smallest absolute Gasteiger partial charge is 0.342 e. The molecule has 0 aliphatic rings. The lowest BCUT2D eigenvalue weighted by atomic mass is 10.1. The van der Waals surface area contributed by atoms with Crippen molar-refractivity contribution >= 4 is 11.8 Å². The second-order valence-electron chi connectivity index (χ2n) is 5.98.